The predicted octanol–water partition coefficient (Wildman–Crippen LogP) is 3.75. The Morgan fingerprint density at radius 2 is 1.74 bits per heavy atom. The van der Waals surface area contributed by atoms with Gasteiger partial charge in [0.15, 0.2) is 5.78 Å². The van der Waals surface area contributed by atoms with Gasteiger partial charge in [0.1, 0.15) is 24.5 Å². The first-order valence-electron chi connectivity index (χ1n) is 11.8. The molecule has 2 amide bonds. The van der Waals surface area contributed by atoms with Crippen LogP contribution in [0, 0.1) is 0 Å². The Bertz CT molecular complexity index is 1520. The average Bonchev–Trinajstić information content (AvgIpc) is 3.30. The molecule has 0 bridgehead atoms. The maximum atomic E-state index is 12.9. The van der Waals surface area contributed by atoms with Crippen LogP contribution in [0.2, 0.25) is 0 Å². The summed E-state index contributed by atoms with van der Waals surface area (Å²) in [4.78, 5) is 44.7. The Hall–Kier alpha value is -4.54. The topological polar surface area (TPSA) is 88.4 Å². The molecule has 0 atom stereocenters. The molecular formula is C27H22F3N5O3. The van der Waals surface area contributed by atoms with E-state index in [9.17, 15) is 27.6 Å². The molecular weight excluding hydrogens is 499 g/mol. The zero-order chi connectivity index (χ0) is 26.9. The molecule has 0 N–H and O–H groups in total. The minimum Gasteiger partial charge on any atom is -0.330 e. The van der Waals surface area contributed by atoms with Gasteiger partial charge in [-0.05, 0) is 42.0 Å². The van der Waals surface area contributed by atoms with Crippen molar-refractivity contribution in [3.8, 4) is 0 Å². The van der Waals surface area contributed by atoms with E-state index in [1.807, 2.05) is 30.3 Å². The van der Waals surface area contributed by atoms with Gasteiger partial charge in [0.25, 0.3) is 0 Å². The minimum absolute atomic E-state index is 0.0235. The monoisotopic (exact) mass is 521 g/mol. The number of fused-ring (bicyclic) bond motifs is 1. The van der Waals surface area contributed by atoms with Crippen LogP contribution in [0.15, 0.2) is 72.9 Å². The van der Waals surface area contributed by atoms with E-state index < -0.39 is 17.7 Å². The second kappa shape index (κ2) is 10.1. The van der Waals surface area contributed by atoms with E-state index in [0.29, 0.717) is 29.6 Å². The van der Waals surface area contributed by atoms with Crippen molar-refractivity contribution < 1.29 is 27.6 Å². The van der Waals surface area contributed by atoms with Crippen molar-refractivity contribution in [1.29, 1.82) is 0 Å². The smallest absolute Gasteiger partial charge is 0.330 e. The SMILES string of the molecule is O=C(Cc1ccc2nn(CC(=O)N3CCN(c4ccccc4)C(=O)C3)cc2c1)c1cccc(C(F)(F)F)n1. The fraction of sp³-hybridized carbons (Fsp3) is 0.222. The molecule has 1 saturated heterocycles. The quantitative estimate of drug-likeness (QED) is 0.361. The molecule has 2 aromatic carbocycles. The van der Waals surface area contributed by atoms with Gasteiger partial charge in [0.05, 0.1) is 5.52 Å². The number of amides is 2. The summed E-state index contributed by atoms with van der Waals surface area (Å²) >= 11 is 0. The lowest BCUT2D eigenvalue weighted by atomic mass is 10.0. The number of carbonyl (C=O) groups is 3. The Balaban J connectivity index is 1.23. The minimum atomic E-state index is -4.63. The van der Waals surface area contributed by atoms with Gasteiger partial charge in [-0.1, -0.05) is 30.3 Å². The van der Waals surface area contributed by atoms with E-state index >= 15 is 0 Å². The first-order valence-corrected chi connectivity index (χ1v) is 11.8. The van der Waals surface area contributed by atoms with Gasteiger partial charge in [-0.15, -0.1) is 0 Å². The van der Waals surface area contributed by atoms with E-state index in [0.717, 1.165) is 17.8 Å². The third-order valence-corrected chi connectivity index (χ3v) is 6.24. The Labute approximate surface area is 215 Å². The molecule has 38 heavy (non-hydrogen) atoms. The summed E-state index contributed by atoms with van der Waals surface area (Å²) in [5, 5.41) is 5.07. The molecule has 3 heterocycles. The highest BCUT2D eigenvalue weighted by molar-refractivity contribution is 5.98. The van der Waals surface area contributed by atoms with Gasteiger partial charge in [-0.3, -0.25) is 19.1 Å². The van der Waals surface area contributed by atoms with Crippen LogP contribution in [-0.2, 0) is 28.7 Å². The molecule has 2 aromatic heterocycles. The van der Waals surface area contributed by atoms with Gasteiger partial charge in [-0.2, -0.15) is 18.3 Å². The zero-order valence-electron chi connectivity index (χ0n) is 20.1. The van der Waals surface area contributed by atoms with Crippen LogP contribution in [0.1, 0.15) is 21.7 Å². The molecule has 11 heteroatoms. The molecule has 194 valence electrons. The fourth-order valence-corrected chi connectivity index (χ4v) is 4.35. The zero-order valence-corrected chi connectivity index (χ0v) is 20.1. The number of benzene rings is 2. The van der Waals surface area contributed by atoms with E-state index in [1.165, 1.54) is 15.6 Å². The Morgan fingerprint density at radius 3 is 2.47 bits per heavy atom. The standard InChI is InChI=1S/C27H22F3N5O3/c28-27(29,30)24-8-4-7-22(31-24)23(36)14-18-9-10-21-19(13-18)15-34(32-21)17-25(37)33-11-12-35(26(38)16-33)20-5-2-1-3-6-20/h1-10,13,15H,11-12,14,16-17H2. The number of anilines is 1. The van der Waals surface area contributed by atoms with Crippen molar-refractivity contribution in [3.63, 3.8) is 0 Å². The van der Waals surface area contributed by atoms with Crippen molar-refractivity contribution in [3.05, 3.63) is 89.9 Å². The molecule has 5 rings (SSSR count). The molecule has 8 nitrogen and oxygen atoms in total. The van der Waals surface area contributed by atoms with Gasteiger partial charge in [0, 0.05) is 36.8 Å². The van der Waals surface area contributed by atoms with Crippen molar-refractivity contribution in [2.24, 2.45) is 0 Å². The second-order valence-electron chi connectivity index (χ2n) is 8.92. The first kappa shape index (κ1) is 25.1. The van der Waals surface area contributed by atoms with Crippen LogP contribution in [0.5, 0.6) is 0 Å². The summed E-state index contributed by atoms with van der Waals surface area (Å²) in [6.07, 6.45) is -3.11. The highest BCUT2D eigenvalue weighted by Crippen LogP contribution is 2.27. The summed E-state index contributed by atoms with van der Waals surface area (Å²) in [5.74, 6) is -0.951. The Kier molecular flexibility index (Phi) is 6.66. The normalized spacial score (nSPS) is 14.2. The number of Topliss-reactive ketones (excluding diaryl/α,β-unsaturated/α-hetero) is 1. The first-order chi connectivity index (χ1) is 18.2. The van der Waals surface area contributed by atoms with Crippen LogP contribution >= 0.6 is 0 Å². The number of rotatable bonds is 6. The van der Waals surface area contributed by atoms with E-state index in [2.05, 4.69) is 10.1 Å². The summed E-state index contributed by atoms with van der Waals surface area (Å²) in [6, 6.07) is 17.6. The molecule has 4 aromatic rings. The predicted molar refractivity (Wildman–Crippen MR) is 132 cm³/mol. The number of alkyl halides is 3. The van der Waals surface area contributed by atoms with Crippen molar-refractivity contribution in [2.75, 3.05) is 24.5 Å². The van der Waals surface area contributed by atoms with Crippen LogP contribution in [-0.4, -0.2) is 56.9 Å². The van der Waals surface area contributed by atoms with Crippen molar-refractivity contribution >= 4 is 34.2 Å². The van der Waals surface area contributed by atoms with Crippen LogP contribution in [0.25, 0.3) is 10.9 Å². The number of hydrogen-bond acceptors (Lipinski definition) is 5. The molecule has 1 aliphatic rings. The summed E-state index contributed by atoms with van der Waals surface area (Å²) < 4.78 is 40.2. The fourth-order valence-electron chi connectivity index (χ4n) is 4.35. The maximum absolute atomic E-state index is 12.9. The highest BCUT2D eigenvalue weighted by atomic mass is 19.4. The summed E-state index contributed by atoms with van der Waals surface area (Å²) in [5.41, 5.74) is 0.587. The summed E-state index contributed by atoms with van der Waals surface area (Å²) in [6.45, 7) is 0.712. The average molecular weight is 521 g/mol. The maximum Gasteiger partial charge on any atom is 0.433 e. The molecule has 0 spiro atoms. The molecule has 1 aliphatic heterocycles. The molecule has 0 saturated carbocycles. The number of carbonyl (C=O) groups excluding carboxylic acids is 3. The van der Waals surface area contributed by atoms with Crippen molar-refractivity contribution in [1.82, 2.24) is 19.7 Å². The second-order valence-corrected chi connectivity index (χ2v) is 8.92. The van der Waals surface area contributed by atoms with Crippen LogP contribution in [0.4, 0.5) is 18.9 Å². The van der Waals surface area contributed by atoms with Gasteiger partial charge >= 0.3 is 6.18 Å². The van der Waals surface area contributed by atoms with Gasteiger partial charge in [-0.25, -0.2) is 4.98 Å². The van der Waals surface area contributed by atoms with Crippen LogP contribution < -0.4 is 4.90 Å². The van der Waals surface area contributed by atoms with Crippen LogP contribution in [0.3, 0.4) is 0 Å². The molecule has 0 unspecified atom stereocenters. The molecule has 1 fully saturated rings. The lowest BCUT2D eigenvalue weighted by Crippen LogP contribution is -2.53. The van der Waals surface area contributed by atoms with E-state index in [1.54, 1.807) is 29.3 Å². The molecule has 0 radical (unpaired) electrons. The number of piperazine rings is 1. The highest BCUT2D eigenvalue weighted by Gasteiger charge is 2.33. The summed E-state index contributed by atoms with van der Waals surface area (Å²) in [7, 11) is 0. The largest absolute Gasteiger partial charge is 0.433 e. The Morgan fingerprint density at radius 1 is 0.947 bits per heavy atom. The van der Waals surface area contributed by atoms with Gasteiger partial charge < -0.3 is 9.80 Å². The number of ketones is 1. The molecule has 0 aliphatic carbocycles. The lowest BCUT2D eigenvalue weighted by Gasteiger charge is -2.34. The number of hydrogen-bond donors (Lipinski definition) is 0. The number of para-hydroxylation sites is 1. The number of pyridine rings is 1. The third kappa shape index (κ3) is 5.41. The van der Waals surface area contributed by atoms with E-state index in [4.69, 9.17) is 0 Å². The third-order valence-electron chi connectivity index (χ3n) is 6.24. The van der Waals surface area contributed by atoms with Crippen molar-refractivity contribution in [2.45, 2.75) is 19.1 Å². The number of aromatic nitrogens is 3. The number of halogens is 3. The van der Waals surface area contributed by atoms with E-state index in [-0.39, 0.29) is 37.0 Å². The van der Waals surface area contributed by atoms with Gasteiger partial charge in [0.2, 0.25) is 11.8 Å². The number of nitrogens with zero attached hydrogens (tertiary/aromatic N) is 5. The lowest BCUT2D eigenvalue weighted by molar-refractivity contribution is -0.141.